The summed E-state index contributed by atoms with van der Waals surface area (Å²) in [5.74, 6) is 1.99. The summed E-state index contributed by atoms with van der Waals surface area (Å²) in [6, 6.07) is 8.71. The monoisotopic (exact) mass is 271 g/mol. The third-order valence-corrected chi connectivity index (χ3v) is 3.91. The Hall–Kier alpha value is -1.61. The van der Waals surface area contributed by atoms with Crippen molar-refractivity contribution >= 4 is 0 Å². The summed E-state index contributed by atoms with van der Waals surface area (Å²) < 4.78 is 0. The summed E-state index contributed by atoms with van der Waals surface area (Å²) in [5.41, 5.74) is 10.4. The van der Waals surface area contributed by atoms with Crippen LogP contribution in [0.3, 0.4) is 0 Å². The van der Waals surface area contributed by atoms with Crippen molar-refractivity contribution in [1.82, 2.24) is 9.97 Å². The van der Waals surface area contributed by atoms with Gasteiger partial charge < -0.3 is 10.7 Å². The Morgan fingerprint density at radius 1 is 1.15 bits per heavy atom. The van der Waals surface area contributed by atoms with Gasteiger partial charge in [0.2, 0.25) is 0 Å². The third kappa shape index (κ3) is 2.93. The van der Waals surface area contributed by atoms with E-state index in [4.69, 9.17) is 10.7 Å². The summed E-state index contributed by atoms with van der Waals surface area (Å²) in [7, 11) is 0. The number of imidazole rings is 1. The maximum absolute atomic E-state index is 5.83. The van der Waals surface area contributed by atoms with Crippen LogP contribution in [0.4, 0.5) is 0 Å². The largest absolute Gasteiger partial charge is 0.344 e. The smallest absolute Gasteiger partial charge is 0.109 e. The van der Waals surface area contributed by atoms with E-state index in [-0.39, 0.29) is 0 Å². The van der Waals surface area contributed by atoms with E-state index in [0.717, 1.165) is 29.2 Å². The number of rotatable bonds is 5. The first-order valence-corrected chi connectivity index (χ1v) is 7.46. The van der Waals surface area contributed by atoms with Gasteiger partial charge in [0.1, 0.15) is 5.82 Å². The predicted molar refractivity (Wildman–Crippen MR) is 84.7 cm³/mol. The van der Waals surface area contributed by atoms with Crippen LogP contribution >= 0.6 is 0 Å². The number of hydrogen-bond donors (Lipinski definition) is 2. The lowest BCUT2D eigenvalue weighted by atomic mass is 9.97. The molecule has 1 aromatic heterocycles. The molecule has 1 heterocycles. The molecule has 0 amide bonds. The van der Waals surface area contributed by atoms with Gasteiger partial charge in [0.05, 0.1) is 11.4 Å². The number of aromatic nitrogens is 2. The van der Waals surface area contributed by atoms with E-state index in [1.54, 1.807) is 0 Å². The average molecular weight is 271 g/mol. The van der Waals surface area contributed by atoms with Crippen molar-refractivity contribution < 1.29 is 0 Å². The molecule has 0 bridgehead atoms. The summed E-state index contributed by atoms with van der Waals surface area (Å²) in [4.78, 5) is 8.05. The summed E-state index contributed by atoms with van der Waals surface area (Å²) in [6.07, 6.45) is 1.16. The molecule has 20 heavy (non-hydrogen) atoms. The van der Waals surface area contributed by atoms with Gasteiger partial charge in [-0.05, 0) is 17.9 Å². The highest BCUT2D eigenvalue weighted by Crippen LogP contribution is 2.26. The van der Waals surface area contributed by atoms with Crippen molar-refractivity contribution in [3.8, 4) is 11.3 Å². The second-order valence-corrected chi connectivity index (χ2v) is 5.74. The minimum Gasteiger partial charge on any atom is -0.344 e. The standard InChI is InChI=1S/C17H25N3/c1-5-12(4)13-6-8-14(9-7-13)16-15(10-18)19-17(20-16)11(2)3/h6-9,11-12H,5,10,18H2,1-4H3,(H,19,20). The first kappa shape index (κ1) is 14.8. The Balaban J connectivity index is 2.36. The van der Waals surface area contributed by atoms with Gasteiger partial charge in [-0.2, -0.15) is 0 Å². The van der Waals surface area contributed by atoms with Gasteiger partial charge in [-0.1, -0.05) is 52.0 Å². The molecule has 0 fully saturated rings. The molecule has 0 radical (unpaired) electrons. The molecule has 1 aromatic carbocycles. The van der Waals surface area contributed by atoms with E-state index in [9.17, 15) is 0 Å². The van der Waals surface area contributed by atoms with Gasteiger partial charge in [-0.25, -0.2) is 4.98 Å². The highest BCUT2D eigenvalue weighted by molar-refractivity contribution is 5.62. The van der Waals surface area contributed by atoms with E-state index < -0.39 is 0 Å². The fraction of sp³-hybridized carbons (Fsp3) is 0.471. The molecule has 3 heteroatoms. The Kier molecular flexibility index (Phi) is 4.61. The third-order valence-electron chi connectivity index (χ3n) is 3.91. The van der Waals surface area contributed by atoms with Crippen LogP contribution in [0.15, 0.2) is 24.3 Å². The summed E-state index contributed by atoms with van der Waals surface area (Å²) >= 11 is 0. The number of H-pyrrole nitrogens is 1. The Labute approximate surface area is 121 Å². The molecule has 0 aliphatic heterocycles. The number of nitrogens with one attached hydrogen (secondary N) is 1. The van der Waals surface area contributed by atoms with E-state index in [1.165, 1.54) is 5.56 Å². The number of nitrogens with zero attached hydrogens (tertiary/aromatic N) is 1. The fourth-order valence-corrected chi connectivity index (χ4v) is 2.29. The zero-order valence-electron chi connectivity index (χ0n) is 12.9. The molecule has 0 saturated heterocycles. The molecule has 0 saturated carbocycles. The Morgan fingerprint density at radius 3 is 2.30 bits per heavy atom. The topological polar surface area (TPSA) is 54.7 Å². The molecule has 0 aliphatic rings. The van der Waals surface area contributed by atoms with E-state index in [2.05, 4.69) is 56.9 Å². The van der Waals surface area contributed by atoms with Gasteiger partial charge in [0, 0.05) is 18.0 Å². The molecule has 0 spiro atoms. The van der Waals surface area contributed by atoms with Crippen LogP contribution in [-0.2, 0) is 6.54 Å². The molecule has 2 aromatic rings. The van der Waals surface area contributed by atoms with Crippen molar-refractivity contribution in [3.63, 3.8) is 0 Å². The second-order valence-electron chi connectivity index (χ2n) is 5.74. The van der Waals surface area contributed by atoms with Gasteiger partial charge in [0.25, 0.3) is 0 Å². The van der Waals surface area contributed by atoms with Crippen LogP contribution in [0, 0.1) is 0 Å². The van der Waals surface area contributed by atoms with Gasteiger partial charge in [-0.3, -0.25) is 0 Å². The number of hydrogen-bond acceptors (Lipinski definition) is 2. The number of aromatic amines is 1. The zero-order chi connectivity index (χ0) is 14.7. The molecular weight excluding hydrogens is 246 g/mol. The van der Waals surface area contributed by atoms with Crippen LogP contribution < -0.4 is 5.73 Å². The number of benzene rings is 1. The zero-order valence-corrected chi connectivity index (χ0v) is 12.9. The molecule has 108 valence electrons. The fourth-order valence-electron chi connectivity index (χ4n) is 2.29. The van der Waals surface area contributed by atoms with E-state index in [1.807, 2.05) is 0 Å². The molecule has 2 rings (SSSR count). The first-order valence-electron chi connectivity index (χ1n) is 7.46. The van der Waals surface area contributed by atoms with Crippen LogP contribution in [-0.4, -0.2) is 9.97 Å². The molecule has 1 unspecified atom stereocenters. The molecule has 3 N–H and O–H groups in total. The predicted octanol–water partition coefficient (Wildman–Crippen LogP) is 4.17. The highest BCUT2D eigenvalue weighted by Gasteiger charge is 2.13. The van der Waals surface area contributed by atoms with Crippen molar-refractivity contribution in [2.24, 2.45) is 5.73 Å². The molecule has 0 aliphatic carbocycles. The van der Waals surface area contributed by atoms with Gasteiger partial charge in [0.15, 0.2) is 0 Å². The number of nitrogens with two attached hydrogens (primary N) is 1. The minimum absolute atomic E-state index is 0.383. The van der Waals surface area contributed by atoms with Crippen molar-refractivity contribution in [1.29, 1.82) is 0 Å². The molecule has 3 nitrogen and oxygen atoms in total. The van der Waals surface area contributed by atoms with Crippen molar-refractivity contribution in [2.75, 3.05) is 0 Å². The van der Waals surface area contributed by atoms with Crippen molar-refractivity contribution in [3.05, 3.63) is 41.3 Å². The maximum Gasteiger partial charge on any atom is 0.109 e. The summed E-state index contributed by atoms with van der Waals surface area (Å²) in [5, 5.41) is 0. The first-order chi connectivity index (χ1) is 9.56. The molecular formula is C17H25N3. The quantitative estimate of drug-likeness (QED) is 0.857. The SMILES string of the molecule is CCC(C)c1ccc(-c2nc(C(C)C)[nH]c2CN)cc1. The highest BCUT2D eigenvalue weighted by atomic mass is 15.0. The van der Waals surface area contributed by atoms with Crippen LogP contribution in [0.25, 0.3) is 11.3 Å². The Morgan fingerprint density at radius 2 is 1.80 bits per heavy atom. The van der Waals surface area contributed by atoms with Crippen LogP contribution in [0.2, 0.25) is 0 Å². The minimum atomic E-state index is 0.383. The lowest BCUT2D eigenvalue weighted by molar-refractivity contribution is 0.734. The van der Waals surface area contributed by atoms with Crippen LogP contribution in [0.1, 0.15) is 63.0 Å². The van der Waals surface area contributed by atoms with Crippen molar-refractivity contribution in [2.45, 2.75) is 52.5 Å². The van der Waals surface area contributed by atoms with Gasteiger partial charge >= 0.3 is 0 Å². The maximum atomic E-state index is 5.83. The average Bonchev–Trinajstić information content (AvgIpc) is 2.91. The van der Waals surface area contributed by atoms with E-state index in [0.29, 0.717) is 18.4 Å². The molecule has 1 atom stereocenters. The van der Waals surface area contributed by atoms with E-state index >= 15 is 0 Å². The summed E-state index contributed by atoms with van der Waals surface area (Å²) in [6.45, 7) is 9.23. The normalized spacial score (nSPS) is 12.9. The lowest BCUT2D eigenvalue weighted by Crippen LogP contribution is -1.99. The Bertz CT molecular complexity index is 552. The second kappa shape index (κ2) is 6.23. The van der Waals surface area contributed by atoms with Gasteiger partial charge in [-0.15, -0.1) is 0 Å². The lowest BCUT2D eigenvalue weighted by Gasteiger charge is -2.09. The van der Waals surface area contributed by atoms with Crippen LogP contribution in [0.5, 0.6) is 0 Å².